The van der Waals surface area contributed by atoms with E-state index in [1.165, 1.54) is 30.3 Å². The van der Waals surface area contributed by atoms with Crippen LogP contribution < -0.4 is 0 Å². The van der Waals surface area contributed by atoms with Gasteiger partial charge in [-0.1, -0.05) is 18.2 Å². The Morgan fingerprint density at radius 3 is 2.14 bits per heavy atom. The number of hydrogen-bond donors (Lipinski definition) is 1. The normalized spacial score (nSPS) is 12.9. The van der Waals surface area contributed by atoms with Crippen LogP contribution >= 0.6 is 0 Å². The van der Waals surface area contributed by atoms with Crippen molar-refractivity contribution in [1.29, 1.82) is 0 Å². The van der Waals surface area contributed by atoms with Crippen molar-refractivity contribution in [1.82, 2.24) is 4.98 Å². The maximum atomic E-state index is 12.9. The molecule has 0 unspecified atom stereocenters. The molecule has 0 saturated heterocycles. The molecule has 0 aliphatic heterocycles. The molecule has 22 heavy (non-hydrogen) atoms. The molecule has 1 heterocycles. The third-order valence-corrected chi connectivity index (χ3v) is 3.13. The quantitative estimate of drug-likeness (QED) is 0.872. The predicted molar refractivity (Wildman–Crippen MR) is 69.7 cm³/mol. The van der Waals surface area contributed by atoms with Crippen LogP contribution in [0.3, 0.4) is 0 Å². The molecule has 1 atom stereocenters. The molecule has 0 aliphatic carbocycles. The van der Waals surface area contributed by atoms with Crippen molar-refractivity contribution in [2.45, 2.75) is 18.5 Å². The van der Waals surface area contributed by atoms with Crippen LogP contribution in [-0.4, -0.2) is 16.1 Å². The molecular formula is C15H11F4NO2. The van der Waals surface area contributed by atoms with Crippen LogP contribution in [0.4, 0.5) is 17.6 Å². The van der Waals surface area contributed by atoms with Crippen molar-refractivity contribution in [2.24, 2.45) is 0 Å². The van der Waals surface area contributed by atoms with Crippen LogP contribution in [0.1, 0.15) is 29.2 Å². The molecule has 1 N–H and O–H groups in total. The number of halogens is 4. The lowest BCUT2D eigenvalue weighted by atomic mass is 9.89. The average molecular weight is 313 g/mol. The van der Waals surface area contributed by atoms with Gasteiger partial charge in [-0.2, -0.15) is 13.2 Å². The Labute approximate surface area is 123 Å². The van der Waals surface area contributed by atoms with Crippen molar-refractivity contribution in [3.63, 3.8) is 0 Å². The lowest BCUT2D eigenvalue weighted by Gasteiger charge is -2.16. The summed E-state index contributed by atoms with van der Waals surface area (Å²) in [4.78, 5) is 14.3. The van der Waals surface area contributed by atoms with E-state index in [-0.39, 0.29) is 6.42 Å². The van der Waals surface area contributed by atoms with Gasteiger partial charge in [-0.25, -0.2) is 4.39 Å². The van der Waals surface area contributed by atoms with Gasteiger partial charge in [0.15, 0.2) is 0 Å². The van der Waals surface area contributed by atoms with Crippen LogP contribution in [0.5, 0.6) is 0 Å². The minimum atomic E-state index is -4.56. The third kappa shape index (κ3) is 3.81. The first-order valence-corrected chi connectivity index (χ1v) is 6.28. The molecule has 0 amide bonds. The molecule has 0 saturated carbocycles. The highest BCUT2D eigenvalue weighted by Crippen LogP contribution is 2.31. The van der Waals surface area contributed by atoms with E-state index < -0.39 is 29.6 Å². The van der Waals surface area contributed by atoms with Gasteiger partial charge in [-0.3, -0.25) is 9.78 Å². The second-order valence-corrected chi connectivity index (χ2v) is 4.68. The van der Waals surface area contributed by atoms with Gasteiger partial charge in [0.1, 0.15) is 11.5 Å². The van der Waals surface area contributed by atoms with E-state index in [1.54, 1.807) is 0 Å². The van der Waals surface area contributed by atoms with Gasteiger partial charge in [0.2, 0.25) is 0 Å². The Kier molecular flexibility index (Phi) is 4.44. The molecule has 7 heteroatoms. The molecule has 1 aromatic heterocycles. The zero-order chi connectivity index (χ0) is 16.3. The lowest BCUT2D eigenvalue weighted by Crippen LogP contribution is -2.11. The van der Waals surface area contributed by atoms with Crippen LogP contribution in [0.25, 0.3) is 0 Å². The topological polar surface area (TPSA) is 50.2 Å². The molecule has 2 aromatic rings. The molecule has 116 valence electrons. The summed E-state index contributed by atoms with van der Waals surface area (Å²) >= 11 is 0. The summed E-state index contributed by atoms with van der Waals surface area (Å²) in [5.41, 5.74) is -0.239. The summed E-state index contributed by atoms with van der Waals surface area (Å²) in [5, 5.41) is 8.97. The number of carboxylic acids is 1. The number of hydrogen-bond acceptors (Lipinski definition) is 2. The number of aromatic nitrogens is 1. The Hall–Kier alpha value is -2.44. The van der Waals surface area contributed by atoms with Crippen molar-refractivity contribution >= 4 is 5.97 Å². The van der Waals surface area contributed by atoms with E-state index in [2.05, 4.69) is 4.98 Å². The maximum absolute atomic E-state index is 12.9. The third-order valence-electron chi connectivity index (χ3n) is 3.13. The van der Waals surface area contributed by atoms with E-state index in [0.717, 1.165) is 12.3 Å². The molecule has 0 radical (unpaired) electrons. The number of aliphatic carboxylic acids is 1. The van der Waals surface area contributed by atoms with Gasteiger partial charge >= 0.3 is 12.1 Å². The molecule has 0 fully saturated rings. The second kappa shape index (κ2) is 6.13. The smallest absolute Gasteiger partial charge is 0.433 e. The van der Waals surface area contributed by atoms with Crippen LogP contribution in [0.2, 0.25) is 0 Å². The monoisotopic (exact) mass is 313 g/mol. The average Bonchev–Trinajstić information content (AvgIpc) is 2.45. The zero-order valence-electron chi connectivity index (χ0n) is 11.1. The first-order chi connectivity index (χ1) is 10.3. The first-order valence-electron chi connectivity index (χ1n) is 6.28. The van der Waals surface area contributed by atoms with E-state index in [9.17, 15) is 22.4 Å². The molecule has 3 nitrogen and oxygen atoms in total. The number of rotatable bonds is 4. The summed E-state index contributed by atoms with van der Waals surface area (Å²) in [6, 6.07) is 7.13. The fourth-order valence-electron chi connectivity index (χ4n) is 2.08. The van der Waals surface area contributed by atoms with Gasteiger partial charge < -0.3 is 5.11 Å². The fourth-order valence-corrected chi connectivity index (χ4v) is 2.08. The maximum Gasteiger partial charge on any atom is 0.433 e. The number of benzene rings is 1. The van der Waals surface area contributed by atoms with Crippen molar-refractivity contribution in [3.8, 4) is 0 Å². The molecule has 0 bridgehead atoms. The Morgan fingerprint density at radius 2 is 1.68 bits per heavy atom. The highest BCUT2D eigenvalue weighted by atomic mass is 19.4. The number of carbonyl (C=O) groups is 1. The summed E-state index contributed by atoms with van der Waals surface area (Å²) in [5.74, 6) is -2.30. The first kappa shape index (κ1) is 15.9. The Bertz CT molecular complexity index is 651. The highest BCUT2D eigenvalue weighted by molar-refractivity contribution is 5.69. The van der Waals surface area contributed by atoms with Gasteiger partial charge in [-0.15, -0.1) is 0 Å². The van der Waals surface area contributed by atoms with E-state index in [0.29, 0.717) is 11.1 Å². The van der Waals surface area contributed by atoms with Crippen LogP contribution in [-0.2, 0) is 11.0 Å². The van der Waals surface area contributed by atoms with Crippen LogP contribution in [0, 0.1) is 5.82 Å². The van der Waals surface area contributed by atoms with E-state index in [4.69, 9.17) is 5.11 Å². The SMILES string of the molecule is O=C(O)C[C@@H](c1ccc(F)cc1)c1ccc(C(F)(F)F)nc1. The second-order valence-electron chi connectivity index (χ2n) is 4.68. The van der Waals surface area contributed by atoms with Crippen molar-refractivity contribution in [3.05, 3.63) is 65.2 Å². The molecule has 0 aliphatic rings. The van der Waals surface area contributed by atoms with Gasteiger partial charge in [0, 0.05) is 12.1 Å². The van der Waals surface area contributed by atoms with E-state index in [1.807, 2.05) is 0 Å². The largest absolute Gasteiger partial charge is 0.481 e. The Morgan fingerprint density at radius 1 is 1.09 bits per heavy atom. The summed E-state index contributed by atoms with van der Waals surface area (Å²) in [7, 11) is 0. The van der Waals surface area contributed by atoms with Crippen LogP contribution in [0.15, 0.2) is 42.6 Å². The number of carboxylic acid groups (broad SMARTS) is 1. The summed E-state index contributed by atoms with van der Waals surface area (Å²) in [6.45, 7) is 0. The molecular weight excluding hydrogens is 302 g/mol. The minimum Gasteiger partial charge on any atom is -0.481 e. The van der Waals surface area contributed by atoms with Gasteiger partial charge in [-0.05, 0) is 29.3 Å². The molecule has 0 spiro atoms. The minimum absolute atomic E-state index is 0.321. The predicted octanol–water partition coefficient (Wildman–Crippen LogP) is 3.85. The number of pyridine rings is 1. The summed E-state index contributed by atoms with van der Waals surface area (Å²) < 4.78 is 50.4. The lowest BCUT2D eigenvalue weighted by molar-refractivity contribution is -0.141. The zero-order valence-corrected chi connectivity index (χ0v) is 11.1. The van der Waals surface area contributed by atoms with Gasteiger partial charge in [0.05, 0.1) is 6.42 Å². The summed E-state index contributed by atoms with van der Waals surface area (Å²) in [6.07, 6.45) is -3.89. The van der Waals surface area contributed by atoms with Crippen molar-refractivity contribution < 1.29 is 27.5 Å². The standard InChI is InChI=1S/C15H11F4NO2/c16-11-4-1-9(2-5-11)12(7-14(21)22)10-3-6-13(20-8-10)15(17,18)19/h1-6,8,12H,7H2,(H,21,22)/t12-/m0/s1. The van der Waals surface area contributed by atoms with E-state index >= 15 is 0 Å². The van der Waals surface area contributed by atoms with Gasteiger partial charge in [0.25, 0.3) is 0 Å². The van der Waals surface area contributed by atoms with Crippen molar-refractivity contribution in [2.75, 3.05) is 0 Å². The molecule has 2 rings (SSSR count). The number of nitrogens with zero attached hydrogens (tertiary/aromatic N) is 1. The fraction of sp³-hybridized carbons (Fsp3) is 0.200. The highest BCUT2D eigenvalue weighted by Gasteiger charge is 2.32. The Balaban J connectivity index is 2.37. The molecule has 1 aromatic carbocycles. The number of alkyl halides is 3.